The molecule has 0 bridgehead atoms. The van der Waals surface area contributed by atoms with Crippen molar-refractivity contribution in [3.63, 3.8) is 0 Å². The van der Waals surface area contributed by atoms with E-state index in [0.717, 1.165) is 25.0 Å². The Kier molecular flexibility index (Phi) is 5.18. The summed E-state index contributed by atoms with van der Waals surface area (Å²) in [6, 6.07) is 7.55. The summed E-state index contributed by atoms with van der Waals surface area (Å²) in [5.41, 5.74) is 0.931. The minimum absolute atomic E-state index is 0.0594. The second-order valence-corrected chi connectivity index (χ2v) is 6.06. The summed E-state index contributed by atoms with van der Waals surface area (Å²) in [5.74, 6) is 0. The van der Waals surface area contributed by atoms with Crippen LogP contribution in [0.1, 0.15) is 24.5 Å². The van der Waals surface area contributed by atoms with Crippen molar-refractivity contribution >= 4 is 17.6 Å². The number of ether oxygens (including phenoxy) is 2. The third-order valence-electron chi connectivity index (χ3n) is 4.11. The number of rotatable bonds is 3. The topological polar surface area (TPSA) is 50.8 Å². The number of urea groups is 1. The highest BCUT2D eigenvalue weighted by Crippen LogP contribution is 2.28. The third kappa shape index (κ3) is 3.72. The lowest BCUT2D eigenvalue weighted by molar-refractivity contribution is -0.0158. The van der Waals surface area contributed by atoms with Crippen LogP contribution in [-0.2, 0) is 9.47 Å². The van der Waals surface area contributed by atoms with Crippen LogP contribution in [0.5, 0.6) is 0 Å². The highest BCUT2D eigenvalue weighted by atomic mass is 35.5. The maximum Gasteiger partial charge on any atom is 0.317 e. The number of hydrogen-bond donors (Lipinski definition) is 1. The van der Waals surface area contributed by atoms with Crippen LogP contribution < -0.4 is 5.32 Å². The minimum atomic E-state index is -0.170. The van der Waals surface area contributed by atoms with Gasteiger partial charge >= 0.3 is 6.03 Å². The Labute approximate surface area is 135 Å². The Morgan fingerprint density at radius 2 is 2.18 bits per heavy atom. The van der Waals surface area contributed by atoms with Crippen LogP contribution in [0.3, 0.4) is 0 Å². The molecule has 0 radical (unpaired) electrons. The zero-order valence-corrected chi connectivity index (χ0v) is 13.2. The Morgan fingerprint density at radius 1 is 1.32 bits per heavy atom. The second-order valence-electron chi connectivity index (χ2n) is 5.65. The fraction of sp³-hybridized carbons (Fsp3) is 0.562. The molecule has 2 saturated heterocycles. The lowest BCUT2D eigenvalue weighted by Gasteiger charge is -2.33. The molecule has 0 spiro atoms. The first-order chi connectivity index (χ1) is 10.7. The van der Waals surface area contributed by atoms with Crippen molar-refractivity contribution in [1.82, 2.24) is 10.2 Å². The van der Waals surface area contributed by atoms with Gasteiger partial charge in [-0.25, -0.2) is 4.79 Å². The smallest absolute Gasteiger partial charge is 0.317 e. The lowest BCUT2D eigenvalue weighted by Crippen LogP contribution is -2.48. The summed E-state index contributed by atoms with van der Waals surface area (Å²) in [4.78, 5) is 14.1. The molecule has 6 heteroatoms. The van der Waals surface area contributed by atoms with Gasteiger partial charge in [-0.05, 0) is 18.9 Å². The lowest BCUT2D eigenvalue weighted by atomic mass is 10.1. The van der Waals surface area contributed by atoms with E-state index in [9.17, 15) is 4.79 Å². The van der Waals surface area contributed by atoms with Gasteiger partial charge in [0.2, 0.25) is 0 Å². The molecule has 1 N–H and O–H groups in total. The van der Waals surface area contributed by atoms with Crippen molar-refractivity contribution < 1.29 is 14.3 Å². The molecule has 22 heavy (non-hydrogen) atoms. The van der Waals surface area contributed by atoms with Crippen LogP contribution in [0.15, 0.2) is 24.3 Å². The van der Waals surface area contributed by atoms with E-state index < -0.39 is 0 Å². The Bertz CT molecular complexity index is 520. The van der Waals surface area contributed by atoms with Crippen molar-refractivity contribution in [1.29, 1.82) is 0 Å². The molecule has 5 nitrogen and oxygen atoms in total. The van der Waals surface area contributed by atoms with Crippen LogP contribution in [0.25, 0.3) is 0 Å². The molecule has 0 saturated carbocycles. The minimum Gasteiger partial charge on any atom is -0.376 e. The highest BCUT2D eigenvalue weighted by Gasteiger charge is 2.27. The summed E-state index contributed by atoms with van der Waals surface area (Å²) in [5, 5.41) is 3.63. The van der Waals surface area contributed by atoms with E-state index >= 15 is 0 Å². The fourth-order valence-electron chi connectivity index (χ4n) is 2.88. The molecule has 2 aliphatic heterocycles. The van der Waals surface area contributed by atoms with Gasteiger partial charge in [-0.2, -0.15) is 0 Å². The molecule has 2 atom stereocenters. The molecular formula is C16H21ClN2O3. The number of amides is 2. The van der Waals surface area contributed by atoms with E-state index in [1.54, 1.807) is 4.90 Å². The van der Waals surface area contributed by atoms with Crippen LogP contribution >= 0.6 is 11.6 Å². The SMILES string of the molecule is O=C(NC[C@@H]1CCCO1)N1CCO[C@@H](c2ccccc2Cl)C1. The Balaban J connectivity index is 1.55. The Hall–Kier alpha value is -1.30. The maximum atomic E-state index is 12.3. The van der Waals surface area contributed by atoms with Crippen molar-refractivity contribution in [3.05, 3.63) is 34.9 Å². The summed E-state index contributed by atoms with van der Waals surface area (Å²) >= 11 is 6.22. The fourth-order valence-corrected chi connectivity index (χ4v) is 3.13. The average molecular weight is 325 g/mol. The number of hydrogen-bond acceptors (Lipinski definition) is 3. The number of nitrogens with one attached hydrogen (secondary N) is 1. The summed E-state index contributed by atoms with van der Waals surface area (Å²) in [6.45, 7) is 3.00. The van der Waals surface area contributed by atoms with Crippen LogP contribution in [0.2, 0.25) is 5.02 Å². The number of morpholine rings is 1. The van der Waals surface area contributed by atoms with Crippen LogP contribution in [-0.4, -0.2) is 49.9 Å². The van der Waals surface area contributed by atoms with Gasteiger partial charge in [0.15, 0.2) is 0 Å². The van der Waals surface area contributed by atoms with Crippen molar-refractivity contribution in [2.24, 2.45) is 0 Å². The molecule has 120 valence electrons. The Morgan fingerprint density at radius 3 is 2.95 bits per heavy atom. The third-order valence-corrected chi connectivity index (χ3v) is 4.45. The molecule has 2 heterocycles. The molecule has 2 amide bonds. The largest absolute Gasteiger partial charge is 0.376 e. The standard InChI is InChI=1S/C16H21ClN2O3/c17-14-6-2-1-5-13(14)15-11-19(7-9-22-15)16(20)18-10-12-4-3-8-21-12/h1-2,5-6,12,15H,3-4,7-11H2,(H,18,20)/t12-,15+/m0/s1. The normalized spacial score (nSPS) is 25.2. The summed E-state index contributed by atoms with van der Waals surface area (Å²) in [6.07, 6.45) is 2.08. The molecule has 2 aliphatic rings. The van der Waals surface area contributed by atoms with Crippen molar-refractivity contribution in [3.8, 4) is 0 Å². The number of carbonyl (C=O) groups is 1. The first-order valence-corrected chi connectivity index (χ1v) is 8.12. The van der Waals surface area contributed by atoms with E-state index in [4.69, 9.17) is 21.1 Å². The molecule has 0 aliphatic carbocycles. The summed E-state index contributed by atoms with van der Waals surface area (Å²) in [7, 11) is 0. The predicted octanol–water partition coefficient (Wildman–Crippen LogP) is 2.60. The highest BCUT2D eigenvalue weighted by molar-refractivity contribution is 6.31. The van der Waals surface area contributed by atoms with Gasteiger partial charge in [0.05, 0.1) is 19.3 Å². The molecular weight excluding hydrogens is 304 g/mol. The van der Waals surface area contributed by atoms with Gasteiger partial charge in [0.25, 0.3) is 0 Å². The monoisotopic (exact) mass is 324 g/mol. The number of benzene rings is 1. The number of nitrogens with zero attached hydrogens (tertiary/aromatic N) is 1. The first kappa shape index (κ1) is 15.6. The number of halogens is 1. The van der Waals surface area contributed by atoms with E-state index in [0.29, 0.717) is 31.3 Å². The molecule has 0 aromatic heterocycles. The van der Waals surface area contributed by atoms with E-state index in [2.05, 4.69) is 5.32 Å². The number of carbonyl (C=O) groups excluding carboxylic acids is 1. The van der Waals surface area contributed by atoms with Crippen LogP contribution in [0.4, 0.5) is 4.79 Å². The zero-order chi connectivity index (χ0) is 15.4. The van der Waals surface area contributed by atoms with Gasteiger partial charge in [-0.15, -0.1) is 0 Å². The average Bonchev–Trinajstić information content (AvgIpc) is 3.06. The zero-order valence-electron chi connectivity index (χ0n) is 12.5. The maximum absolute atomic E-state index is 12.3. The predicted molar refractivity (Wildman–Crippen MR) is 84.1 cm³/mol. The van der Waals surface area contributed by atoms with Gasteiger partial charge < -0.3 is 19.7 Å². The van der Waals surface area contributed by atoms with Gasteiger partial charge in [0.1, 0.15) is 6.10 Å². The molecule has 3 rings (SSSR count). The molecule has 2 fully saturated rings. The van der Waals surface area contributed by atoms with Crippen molar-refractivity contribution in [2.75, 3.05) is 32.8 Å². The van der Waals surface area contributed by atoms with Crippen LogP contribution in [0, 0.1) is 0 Å². The van der Waals surface area contributed by atoms with E-state index in [1.165, 1.54) is 0 Å². The quantitative estimate of drug-likeness (QED) is 0.930. The summed E-state index contributed by atoms with van der Waals surface area (Å²) < 4.78 is 11.3. The van der Waals surface area contributed by atoms with Gasteiger partial charge in [0, 0.05) is 30.3 Å². The van der Waals surface area contributed by atoms with Gasteiger partial charge in [-0.1, -0.05) is 29.8 Å². The first-order valence-electron chi connectivity index (χ1n) is 7.74. The van der Waals surface area contributed by atoms with E-state index in [1.807, 2.05) is 24.3 Å². The van der Waals surface area contributed by atoms with Crippen molar-refractivity contribution in [2.45, 2.75) is 25.0 Å². The van der Waals surface area contributed by atoms with E-state index in [-0.39, 0.29) is 18.2 Å². The molecule has 1 aromatic carbocycles. The molecule has 0 unspecified atom stereocenters. The van der Waals surface area contributed by atoms with Gasteiger partial charge in [-0.3, -0.25) is 0 Å². The molecule has 1 aromatic rings. The second kappa shape index (κ2) is 7.31.